The van der Waals surface area contributed by atoms with Gasteiger partial charge in [-0.25, -0.2) is 0 Å². The zero-order valence-electron chi connectivity index (χ0n) is 14.0. The van der Waals surface area contributed by atoms with E-state index in [1.807, 2.05) is 61.5 Å². The first-order chi connectivity index (χ1) is 10.8. The van der Waals surface area contributed by atoms with Crippen LogP contribution in [-0.2, 0) is 4.79 Å². The number of hydrogen-bond acceptors (Lipinski definition) is 3. The fraction of sp³-hybridized carbons (Fsp3) is 0.200. The first-order valence-electron chi connectivity index (χ1n) is 7.44. The molecule has 0 aromatic heterocycles. The van der Waals surface area contributed by atoms with Gasteiger partial charge in [-0.15, -0.1) is 0 Å². The average molecular weight is 307 g/mol. The fourth-order valence-corrected chi connectivity index (χ4v) is 2.65. The third kappa shape index (κ3) is 3.57. The molecular formula is C20H21NO2. The van der Waals surface area contributed by atoms with Crippen LogP contribution in [0.5, 0.6) is 0 Å². The first kappa shape index (κ1) is 16.7. The predicted octanol–water partition coefficient (Wildman–Crippen LogP) is 2.23. The summed E-state index contributed by atoms with van der Waals surface area (Å²) in [5, 5.41) is 1.64. The molecule has 0 aliphatic carbocycles. The summed E-state index contributed by atoms with van der Waals surface area (Å²) in [5.74, 6) is 0.0647. The van der Waals surface area contributed by atoms with Crippen LogP contribution in [0.25, 0.3) is 23.4 Å². The maximum atomic E-state index is 11.9. The van der Waals surface area contributed by atoms with Crippen LogP contribution in [-0.4, -0.2) is 30.6 Å². The molecule has 0 unspecified atom stereocenters. The van der Waals surface area contributed by atoms with Crippen LogP contribution in [0.4, 0.5) is 0 Å². The Morgan fingerprint density at radius 2 is 1.48 bits per heavy atom. The number of carbonyl (C=O) groups excluding carboxylic acids is 2. The van der Waals surface area contributed by atoms with E-state index < -0.39 is 0 Å². The molecule has 0 saturated heterocycles. The summed E-state index contributed by atoms with van der Waals surface area (Å²) in [5.41, 5.74) is 3.37. The molecule has 0 amide bonds. The molecule has 0 N–H and O–H groups in total. The Morgan fingerprint density at radius 3 is 1.91 bits per heavy atom. The second kappa shape index (κ2) is 6.61. The zero-order valence-corrected chi connectivity index (χ0v) is 14.0. The van der Waals surface area contributed by atoms with Crippen LogP contribution in [0.2, 0.25) is 0 Å². The molecule has 0 saturated carbocycles. The van der Waals surface area contributed by atoms with Gasteiger partial charge in [0, 0.05) is 31.8 Å². The standard InChI is InChI=1S/C20H21NO2/c1-13-12-18(17-8-6-16(7-9-17)14(2)22)10-11-19(13)20(15(3)23)21(4)5/h6-12H,1H2,2-5H3/b20-19-. The molecule has 118 valence electrons. The van der Waals surface area contributed by atoms with E-state index in [9.17, 15) is 9.59 Å². The summed E-state index contributed by atoms with van der Waals surface area (Å²) >= 11 is 0. The average Bonchev–Trinajstić information content (AvgIpc) is 2.48. The maximum Gasteiger partial charge on any atom is 0.176 e. The Hall–Kier alpha value is -2.68. The second-order valence-electron chi connectivity index (χ2n) is 5.80. The Bertz CT molecular complexity index is 862. The summed E-state index contributed by atoms with van der Waals surface area (Å²) < 4.78 is 0. The number of benzene rings is 2. The lowest BCUT2D eigenvalue weighted by Crippen LogP contribution is -2.33. The van der Waals surface area contributed by atoms with Crippen molar-refractivity contribution in [3.05, 3.63) is 58.5 Å². The van der Waals surface area contributed by atoms with Crippen molar-refractivity contribution in [2.24, 2.45) is 0 Å². The van der Waals surface area contributed by atoms with Crippen LogP contribution in [0.1, 0.15) is 24.2 Å². The lowest BCUT2D eigenvalue weighted by molar-refractivity contribution is -0.112. The lowest BCUT2D eigenvalue weighted by atomic mass is 10.0. The number of hydrogen-bond donors (Lipinski definition) is 0. The highest BCUT2D eigenvalue weighted by Crippen LogP contribution is 2.17. The highest BCUT2D eigenvalue weighted by molar-refractivity contribution is 6.12. The quantitative estimate of drug-likeness (QED) is 0.813. The number of carbonyl (C=O) groups is 2. The van der Waals surface area contributed by atoms with Crippen molar-refractivity contribution < 1.29 is 9.59 Å². The minimum atomic E-state index is 0.0125. The largest absolute Gasteiger partial charge is 0.374 e. The lowest BCUT2D eigenvalue weighted by Gasteiger charge is -2.15. The summed E-state index contributed by atoms with van der Waals surface area (Å²) in [4.78, 5) is 25.0. The molecule has 2 aromatic carbocycles. The number of likely N-dealkylation sites (N-methyl/N-ethyl adjacent to an activating group) is 1. The molecule has 3 nitrogen and oxygen atoms in total. The van der Waals surface area contributed by atoms with E-state index in [0.29, 0.717) is 11.3 Å². The van der Waals surface area contributed by atoms with Gasteiger partial charge in [0.2, 0.25) is 0 Å². The molecule has 3 heteroatoms. The van der Waals surface area contributed by atoms with Crippen LogP contribution >= 0.6 is 0 Å². The summed E-state index contributed by atoms with van der Waals surface area (Å²) in [6.45, 7) is 7.20. The van der Waals surface area contributed by atoms with E-state index in [-0.39, 0.29) is 11.6 Å². The van der Waals surface area contributed by atoms with Gasteiger partial charge in [-0.1, -0.05) is 43.0 Å². The zero-order chi connectivity index (χ0) is 17.1. The maximum absolute atomic E-state index is 11.9. The minimum Gasteiger partial charge on any atom is -0.374 e. The molecule has 23 heavy (non-hydrogen) atoms. The van der Waals surface area contributed by atoms with Gasteiger partial charge in [-0.2, -0.15) is 0 Å². The summed E-state index contributed by atoms with van der Waals surface area (Å²) in [6.07, 6.45) is 0. The van der Waals surface area contributed by atoms with E-state index >= 15 is 0 Å². The molecule has 0 aliphatic rings. The normalized spacial score (nSPS) is 11.8. The van der Waals surface area contributed by atoms with Crippen LogP contribution in [0.3, 0.4) is 0 Å². The van der Waals surface area contributed by atoms with Gasteiger partial charge >= 0.3 is 0 Å². The number of Topliss-reactive ketones (excluding diaryl/α,β-unsaturated/α-hetero) is 2. The SMILES string of the molecule is C=c1cc(-c2ccc(C(C)=O)cc2)cc/c1=C(\C(C)=O)N(C)C. The first-order valence-corrected chi connectivity index (χ1v) is 7.44. The molecular weight excluding hydrogens is 286 g/mol. The van der Waals surface area contributed by atoms with E-state index in [4.69, 9.17) is 0 Å². The minimum absolute atomic E-state index is 0.0125. The van der Waals surface area contributed by atoms with Crippen molar-refractivity contribution in [2.75, 3.05) is 14.1 Å². The van der Waals surface area contributed by atoms with E-state index in [1.54, 1.807) is 13.8 Å². The molecule has 0 radical (unpaired) electrons. The van der Waals surface area contributed by atoms with Crippen molar-refractivity contribution in [2.45, 2.75) is 13.8 Å². The Kier molecular flexibility index (Phi) is 4.80. The van der Waals surface area contributed by atoms with Gasteiger partial charge in [0.05, 0.1) is 5.70 Å². The highest BCUT2D eigenvalue weighted by atomic mass is 16.1. The summed E-state index contributed by atoms with van der Waals surface area (Å²) in [6, 6.07) is 13.3. The van der Waals surface area contributed by atoms with Gasteiger partial charge in [0.25, 0.3) is 0 Å². The molecule has 0 bridgehead atoms. The molecule has 0 atom stereocenters. The fourth-order valence-electron chi connectivity index (χ4n) is 2.65. The van der Waals surface area contributed by atoms with E-state index in [1.165, 1.54) is 0 Å². The molecule has 2 rings (SSSR count). The Labute approximate surface area is 136 Å². The van der Waals surface area contributed by atoms with Crippen molar-refractivity contribution >= 4 is 23.8 Å². The molecule has 2 aromatic rings. The Morgan fingerprint density at radius 1 is 0.913 bits per heavy atom. The molecule has 0 heterocycles. The van der Waals surface area contributed by atoms with Crippen LogP contribution < -0.4 is 10.4 Å². The van der Waals surface area contributed by atoms with E-state index in [2.05, 4.69) is 6.58 Å². The van der Waals surface area contributed by atoms with Crippen LogP contribution in [0, 0.1) is 0 Å². The van der Waals surface area contributed by atoms with Gasteiger partial charge in [-0.3, -0.25) is 9.59 Å². The number of ketones is 2. The number of rotatable bonds is 4. The molecule has 0 aliphatic heterocycles. The van der Waals surface area contributed by atoms with Gasteiger partial charge in [-0.05, 0) is 29.3 Å². The summed E-state index contributed by atoms with van der Waals surface area (Å²) in [7, 11) is 3.70. The van der Waals surface area contributed by atoms with Gasteiger partial charge in [0.1, 0.15) is 0 Å². The van der Waals surface area contributed by atoms with Crippen molar-refractivity contribution in [3.63, 3.8) is 0 Å². The van der Waals surface area contributed by atoms with E-state index in [0.717, 1.165) is 21.6 Å². The topological polar surface area (TPSA) is 37.4 Å². The number of nitrogens with zero attached hydrogens (tertiary/aromatic N) is 1. The van der Waals surface area contributed by atoms with Crippen molar-refractivity contribution in [1.29, 1.82) is 0 Å². The van der Waals surface area contributed by atoms with Gasteiger partial charge in [0.15, 0.2) is 11.6 Å². The second-order valence-corrected chi connectivity index (χ2v) is 5.80. The third-order valence-corrected chi connectivity index (χ3v) is 3.77. The molecule has 0 fully saturated rings. The third-order valence-electron chi connectivity index (χ3n) is 3.77. The van der Waals surface area contributed by atoms with Crippen molar-refractivity contribution in [1.82, 2.24) is 4.90 Å². The van der Waals surface area contributed by atoms with Crippen LogP contribution in [0.15, 0.2) is 42.5 Å². The van der Waals surface area contributed by atoms with Crippen molar-refractivity contribution in [3.8, 4) is 11.1 Å². The highest BCUT2D eigenvalue weighted by Gasteiger charge is 2.08. The molecule has 0 spiro atoms. The predicted molar refractivity (Wildman–Crippen MR) is 94.4 cm³/mol. The smallest absolute Gasteiger partial charge is 0.176 e. The monoisotopic (exact) mass is 307 g/mol. The Balaban J connectivity index is 2.55. The van der Waals surface area contributed by atoms with Gasteiger partial charge < -0.3 is 4.90 Å².